The highest BCUT2D eigenvalue weighted by Crippen LogP contribution is 2.02. The van der Waals surface area contributed by atoms with Gasteiger partial charge in [-0.25, -0.2) is 0 Å². The van der Waals surface area contributed by atoms with E-state index in [-0.39, 0.29) is 17.5 Å². The second-order valence-corrected chi connectivity index (χ2v) is 5.00. The third-order valence-corrected chi connectivity index (χ3v) is 3.13. The molecule has 0 aliphatic carbocycles. The van der Waals surface area contributed by atoms with Crippen molar-refractivity contribution in [3.63, 3.8) is 0 Å². The zero-order valence-electron chi connectivity index (χ0n) is 13.4. The molecule has 0 unspecified atom stereocenters. The minimum Gasteiger partial charge on any atom is -0.385 e. The molecule has 1 heterocycles. The summed E-state index contributed by atoms with van der Waals surface area (Å²) in [6, 6.07) is 3.11. The van der Waals surface area contributed by atoms with Crippen molar-refractivity contribution in [2.45, 2.75) is 32.6 Å². The van der Waals surface area contributed by atoms with Crippen molar-refractivity contribution in [3.05, 3.63) is 29.6 Å². The van der Waals surface area contributed by atoms with Crippen LogP contribution in [-0.4, -0.2) is 43.6 Å². The Morgan fingerprint density at radius 3 is 2.59 bits per heavy atom. The van der Waals surface area contributed by atoms with Gasteiger partial charge >= 0.3 is 0 Å². The molecule has 6 nitrogen and oxygen atoms in total. The Hall–Kier alpha value is -1.95. The second kappa shape index (κ2) is 10.7. The Morgan fingerprint density at radius 1 is 1.14 bits per heavy atom. The Kier molecular flexibility index (Phi) is 8.83. The number of nitrogens with zero attached hydrogens (tertiary/aromatic N) is 1. The third-order valence-electron chi connectivity index (χ3n) is 3.13. The van der Waals surface area contributed by atoms with Crippen molar-refractivity contribution in [3.8, 4) is 0 Å². The van der Waals surface area contributed by atoms with Crippen LogP contribution in [0.3, 0.4) is 0 Å². The van der Waals surface area contributed by atoms with Gasteiger partial charge in [0, 0.05) is 38.6 Å². The van der Waals surface area contributed by atoms with Crippen LogP contribution < -0.4 is 10.6 Å². The lowest BCUT2D eigenvalue weighted by Crippen LogP contribution is -2.27. The summed E-state index contributed by atoms with van der Waals surface area (Å²) >= 11 is 0. The van der Waals surface area contributed by atoms with Crippen LogP contribution in [0.5, 0.6) is 0 Å². The van der Waals surface area contributed by atoms with Crippen molar-refractivity contribution in [2.24, 2.45) is 0 Å². The molecule has 1 rings (SSSR count). The number of unbranched alkanes of at least 4 members (excludes halogenated alkanes) is 2. The molecule has 0 fully saturated rings. The fraction of sp³-hybridized carbons (Fsp3) is 0.562. The highest BCUT2D eigenvalue weighted by atomic mass is 16.5. The number of amides is 2. The van der Waals surface area contributed by atoms with E-state index < -0.39 is 0 Å². The van der Waals surface area contributed by atoms with Crippen molar-refractivity contribution >= 4 is 11.8 Å². The molecular formula is C16H25N3O3. The van der Waals surface area contributed by atoms with Crippen LogP contribution >= 0.6 is 0 Å². The summed E-state index contributed by atoms with van der Waals surface area (Å²) in [5, 5.41) is 5.59. The minimum atomic E-state index is -0.245. The lowest BCUT2D eigenvalue weighted by molar-refractivity contribution is 0.0948. The van der Waals surface area contributed by atoms with Crippen molar-refractivity contribution in [1.82, 2.24) is 15.6 Å². The first-order chi connectivity index (χ1) is 10.7. The van der Waals surface area contributed by atoms with Gasteiger partial charge in [-0.3, -0.25) is 14.6 Å². The minimum absolute atomic E-state index is 0.210. The average molecular weight is 307 g/mol. The molecule has 0 aromatic carbocycles. The van der Waals surface area contributed by atoms with E-state index in [1.54, 1.807) is 13.2 Å². The summed E-state index contributed by atoms with van der Waals surface area (Å²) in [6.07, 6.45) is 5.36. The topological polar surface area (TPSA) is 80.3 Å². The number of rotatable bonds is 10. The molecule has 2 amide bonds. The van der Waals surface area contributed by atoms with Gasteiger partial charge < -0.3 is 15.4 Å². The Balaban J connectivity index is 2.50. The SMILES string of the molecule is CCCCCNC(=O)c1cc(C(=O)NCCCOC)ccn1. The summed E-state index contributed by atoms with van der Waals surface area (Å²) in [5.74, 6) is -0.455. The predicted octanol–water partition coefficient (Wildman–Crippen LogP) is 1.77. The fourth-order valence-electron chi connectivity index (χ4n) is 1.88. The van der Waals surface area contributed by atoms with E-state index in [2.05, 4.69) is 22.5 Å². The lowest BCUT2D eigenvalue weighted by Gasteiger charge is -2.07. The number of hydrogen-bond donors (Lipinski definition) is 2. The maximum atomic E-state index is 12.0. The zero-order chi connectivity index (χ0) is 16.2. The fourth-order valence-corrected chi connectivity index (χ4v) is 1.88. The highest BCUT2D eigenvalue weighted by Gasteiger charge is 2.11. The first kappa shape index (κ1) is 18.1. The lowest BCUT2D eigenvalue weighted by atomic mass is 10.2. The smallest absolute Gasteiger partial charge is 0.269 e. The summed E-state index contributed by atoms with van der Waals surface area (Å²) < 4.78 is 4.92. The van der Waals surface area contributed by atoms with E-state index in [1.807, 2.05) is 0 Å². The normalized spacial score (nSPS) is 10.3. The van der Waals surface area contributed by atoms with Crippen LogP contribution in [0.15, 0.2) is 18.3 Å². The van der Waals surface area contributed by atoms with Gasteiger partial charge in [0.2, 0.25) is 0 Å². The number of aromatic nitrogens is 1. The predicted molar refractivity (Wildman–Crippen MR) is 84.9 cm³/mol. The Morgan fingerprint density at radius 2 is 1.86 bits per heavy atom. The number of ether oxygens (including phenoxy) is 1. The number of pyridine rings is 1. The molecule has 1 aromatic rings. The van der Waals surface area contributed by atoms with Crippen LogP contribution in [0.4, 0.5) is 0 Å². The van der Waals surface area contributed by atoms with Gasteiger partial charge in [0.15, 0.2) is 0 Å². The molecule has 22 heavy (non-hydrogen) atoms. The number of carbonyl (C=O) groups excluding carboxylic acids is 2. The highest BCUT2D eigenvalue weighted by molar-refractivity contribution is 5.98. The van der Waals surface area contributed by atoms with Crippen LogP contribution in [0.2, 0.25) is 0 Å². The van der Waals surface area contributed by atoms with Gasteiger partial charge in [0.25, 0.3) is 11.8 Å². The quantitative estimate of drug-likeness (QED) is 0.646. The molecule has 0 spiro atoms. The largest absolute Gasteiger partial charge is 0.385 e. The first-order valence-corrected chi connectivity index (χ1v) is 7.70. The molecule has 0 aliphatic heterocycles. The van der Waals surface area contributed by atoms with E-state index in [4.69, 9.17) is 4.74 Å². The van der Waals surface area contributed by atoms with Gasteiger partial charge in [-0.15, -0.1) is 0 Å². The molecule has 0 saturated heterocycles. The summed E-state index contributed by atoms with van der Waals surface area (Å²) in [6.45, 7) is 3.87. The monoisotopic (exact) mass is 307 g/mol. The Bertz CT molecular complexity index is 438. The third kappa shape index (κ3) is 6.67. The summed E-state index contributed by atoms with van der Waals surface area (Å²) in [5.41, 5.74) is 0.701. The van der Waals surface area contributed by atoms with Crippen LogP contribution in [0, 0.1) is 0 Å². The molecule has 0 bridgehead atoms. The molecule has 0 saturated carbocycles. The molecule has 0 aliphatic rings. The van der Waals surface area contributed by atoms with Crippen LogP contribution in [0.1, 0.15) is 53.5 Å². The summed E-state index contributed by atoms with van der Waals surface area (Å²) in [4.78, 5) is 27.9. The maximum absolute atomic E-state index is 12.0. The van der Waals surface area contributed by atoms with Gasteiger partial charge in [-0.1, -0.05) is 19.8 Å². The molecule has 1 aromatic heterocycles. The molecule has 122 valence electrons. The van der Waals surface area contributed by atoms with Crippen LogP contribution in [0.25, 0.3) is 0 Å². The molecule has 6 heteroatoms. The van der Waals surface area contributed by atoms with E-state index >= 15 is 0 Å². The first-order valence-electron chi connectivity index (χ1n) is 7.70. The number of nitrogens with one attached hydrogen (secondary N) is 2. The number of carbonyl (C=O) groups is 2. The van der Waals surface area contributed by atoms with E-state index in [0.717, 1.165) is 25.7 Å². The van der Waals surface area contributed by atoms with Gasteiger partial charge in [-0.05, 0) is 25.0 Å². The van der Waals surface area contributed by atoms with Gasteiger partial charge in [-0.2, -0.15) is 0 Å². The molecule has 2 N–H and O–H groups in total. The van der Waals surface area contributed by atoms with Crippen molar-refractivity contribution in [2.75, 3.05) is 26.8 Å². The number of hydrogen-bond acceptors (Lipinski definition) is 4. The molecule has 0 radical (unpaired) electrons. The van der Waals surface area contributed by atoms with Crippen molar-refractivity contribution in [1.29, 1.82) is 0 Å². The Labute approximate surface area is 131 Å². The average Bonchev–Trinajstić information content (AvgIpc) is 2.55. The van der Waals surface area contributed by atoms with E-state index in [9.17, 15) is 9.59 Å². The molecule has 0 atom stereocenters. The van der Waals surface area contributed by atoms with E-state index in [0.29, 0.717) is 25.3 Å². The van der Waals surface area contributed by atoms with Crippen LogP contribution in [-0.2, 0) is 4.74 Å². The second-order valence-electron chi connectivity index (χ2n) is 5.00. The standard InChI is InChI=1S/C16H25N3O3/c1-3-4-5-8-19-16(21)14-12-13(7-10-17-14)15(20)18-9-6-11-22-2/h7,10,12H,3-6,8-9,11H2,1-2H3,(H,18,20)(H,19,21). The van der Waals surface area contributed by atoms with Gasteiger partial charge in [0.05, 0.1) is 0 Å². The van der Waals surface area contributed by atoms with E-state index in [1.165, 1.54) is 12.3 Å². The van der Waals surface area contributed by atoms with Crippen molar-refractivity contribution < 1.29 is 14.3 Å². The summed E-state index contributed by atoms with van der Waals surface area (Å²) in [7, 11) is 1.62. The molecular weight excluding hydrogens is 282 g/mol. The van der Waals surface area contributed by atoms with Gasteiger partial charge in [0.1, 0.15) is 5.69 Å². The number of methoxy groups -OCH3 is 1. The zero-order valence-corrected chi connectivity index (χ0v) is 13.4. The maximum Gasteiger partial charge on any atom is 0.269 e.